The van der Waals surface area contributed by atoms with Crippen molar-refractivity contribution in [1.82, 2.24) is 10.2 Å². The number of anilines is 1. The normalized spacial score (nSPS) is 19.6. The summed E-state index contributed by atoms with van der Waals surface area (Å²) in [5.41, 5.74) is -5.08. The summed E-state index contributed by atoms with van der Waals surface area (Å²) in [6.45, 7) is 1.56. The third-order valence-electron chi connectivity index (χ3n) is 5.56. The SMILES string of the molecule is CC12NC=CN1C=C(c1cc(C(F)(F)F)cc(C(F)(F)F)c1)N=C2Nc1cccc(OC(F)(F)C(F)F)c1. The molecule has 0 amide bonds. The van der Waals surface area contributed by atoms with E-state index in [0.717, 1.165) is 12.1 Å². The number of rotatable bonds is 5. The van der Waals surface area contributed by atoms with E-state index in [1.54, 1.807) is 6.92 Å². The number of benzene rings is 2. The molecule has 0 spiro atoms. The molecular formula is C23H16F10N4O. The highest BCUT2D eigenvalue weighted by atomic mass is 19.4. The van der Waals surface area contributed by atoms with Crippen LogP contribution in [0.2, 0.25) is 0 Å². The van der Waals surface area contributed by atoms with Crippen LogP contribution in [0.3, 0.4) is 0 Å². The van der Waals surface area contributed by atoms with Crippen molar-refractivity contribution >= 4 is 17.2 Å². The Morgan fingerprint density at radius 2 is 1.58 bits per heavy atom. The summed E-state index contributed by atoms with van der Waals surface area (Å²) in [5.74, 6) is -0.705. The fourth-order valence-corrected chi connectivity index (χ4v) is 3.62. The van der Waals surface area contributed by atoms with Crippen molar-refractivity contribution in [3.8, 4) is 5.75 Å². The lowest BCUT2D eigenvalue weighted by atomic mass is 10.0. The van der Waals surface area contributed by atoms with Gasteiger partial charge in [-0.05, 0) is 37.3 Å². The van der Waals surface area contributed by atoms with Crippen molar-refractivity contribution < 1.29 is 48.6 Å². The highest BCUT2D eigenvalue weighted by Gasteiger charge is 2.44. The van der Waals surface area contributed by atoms with Crippen LogP contribution in [0.25, 0.3) is 5.70 Å². The van der Waals surface area contributed by atoms with Crippen LogP contribution in [0.5, 0.6) is 5.75 Å². The van der Waals surface area contributed by atoms with Gasteiger partial charge in [0.25, 0.3) is 0 Å². The number of alkyl halides is 10. The van der Waals surface area contributed by atoms with Gasteiger partial charge in [-0.2, -0.15) is 43.9 Å². The molecule has 0 bridgehead atoms. The maximum atomic E-state index is 13.4. The first kappa shape index (κ1) is 27.1. The molecule has 0 saturated heterocycles. The number of amidine groups is 1. The molecule has 4 rings (SSSR count). The van der Waals surface area contributed by atoms with Crippen molar-refractivity contribution in [3.63, 3.8) is 0 Å². The molecule has 2 aromatic rings. The Labute approximate surface area is 208 Å². The standard InChI is InChI=1S/C23H16F10N4O/c1-20-19(35-15-3-2-4-16(10-15)38-23(32,33)18(24)25)36-17(11-37(20)6-5-34-20)12-7-13(21(26,27)28)9-14(8-12)22(29,30)31/h2-11,18,34H,1H3,(H,35,36). The highest BCUT2D eigenvalue weighted by Crippen LogP contribution is 2.39. The summed E-state index contributed by atoms with van der Waals surface area (Å²) in [6, 6.07) is 5.47. The molecule has 1 unspecified atom stereocenters. The molecule has 2 heterocycles. The van der Waals surface area contributed by atoms with Crippen LogP contribution in [0.4, 0.5) is 49.6 Å². The average molecular weight is 554 g/mol. The lowest BCUT2D eigenvalue weighted by molar-refractivity contribution is -0.253. The van der Waals surface area contributed by atoms with E-state index in [1.165, 1.54) is 35.6 Å². The van der Waals surface area contributed by atoms with Crippen molar-refractivity contribution in [2.45, 2.75) is 37.5 Å². The van der Waals surface area contributed by atoms with E-state index < -0.39 is 53.0 Å². The summed E-state index contributed by atoms with van der Waals surface area (Å²) in [5, 5.41) is 5.66. The van der Waals surface area contributed by atoms with Gasteiger partial charge in [0, 0.05) is 35.9 Å². The number of ether oxygens (including phenoxy) is 1. The quantitative estimate of drug-likeness (QED) is 0.396. The van der Waals surface area contributed by atoms with Crippen LogP contribution >= 0.6 is 0 Å². The summed E-state index contributed by atoms with van der Waals surface area (Å²) in [6.07, 6.45) is -15.0. The summed E-state index contributed by atoms with van der Waals surface area (Å²) in [4.78, 5) is 5.63. The van der Waals surface area contributed by atoms with Crippen molar-refractivity contribution in [2.75, 3.05) is 5.32 Å². The Morgan fingerprint density at radius 1 is 0.947 bits per heavy atom. The lowest BCUT2D eigenvalue weighted by Gasteiger charge is -2.38. The minimum Gasteiger partial charge on any atom is -0.428 e. The van der Waals surface area contributed by atoms with Crippen LogP contribution in [-0.4, -0.2) is 28.9 Å². The van der Waals surface area contributed by atoms with Crippen LogP contribution in [0.1, 0.15) is 23.6 Å². The highest BCUT2D eigenvalue weighted by molar-refractivity contribution is 6.06. The first-order chi connectivity index (χ1) is 17.5. The Kier molecular flexibility index (Phi) is 6.52. The van der Waals surface area contributed by atoms with Gasteiger partial charge in [-0.15, -0.1) is 0 Å². The number of halogens is 10. The number of aliphatic imine (C=N–C) groups is 1. The fourth-order valence-electron chi connectivity index (χ4n) is 3.62. The van der Waals surface area contributed by atoms with E-state index in [0.29, 0.717) is 12.1 Å². The van der Waals surface area contributed by atoms with E-state index in [1.807, 2.05) is 0 Å². The third kappa shape index (κ3) is 5.36. The van der Waals surface area contributed by atoms with Gasteiger partial charge in [-0.25, -0.2) is 4.99 Å². The number of nitrogens with zero attached hydrogens (tertiary/aromatic N) is 2. The predicted octanol–water partition coefficient (Wildman–Crippen LogP) is 6.88. The molecule has 38 heavy (non-hydrogen) atoms. The summed E-state index contributed by atoms with van der Waals surface area (Å²) in [7, 11) is 0. The van der Waals surface area contributed by atoms with Crippen molar-refractivity contribution in [3.05, 3.63) is 77.8 Å². The van der Waals surface area contributed by atoms with Gasteiger partial charge in [-0.3, -0.25) is 0 Å². The lowest BCUT2D eigenvalue weighted by Crippen LogP contribution is -2.57. The maximum absolute atomic E-state index is 13.4. The largest absolute Gasteiger partial charge is 0.461 e. The van der Waals surface area contributed by atoms with E-state index in [2.05, 4.69) is 20.4 Å². The number of fused-ring (bicyclic) bond motifs is 1. The van der Waals surface area contributed by atoms with E-state index >= 15 is 0 Å². The zero-order chi connectivity index (χ0) is 28.1. The van der Waals surface area contributed by atoms with Gasteiger partial charge in [-0.1, -0.05) is 6.07 Å². The molecule has 0 aromatic heterocycles. The predicted molar refractivity (Wildman–Crippen MR) is 116 cm³/mol. The average Bonchev–Trinajstić information content (AvgIpc) is 3.19. The number of hydrogen-bond acceptors (Lipinski definition) is 5. The van der Waals surface area contributed by atoms with Crippen LogP contribution in [0.15, 0.2) is 66.1 Å². The number of nitrogens with one attached hydrogen (secondary N) is 2. The van der Waals surface area contributed by atoms with E-state index in [-0.39, 0.29) is 23.3 Å². The molecule has 2 aliphatic heterocycles. The first-order valence-electron chi connectivity index (χ1n) is 10.5. The van der Waals surface area contributed by atoms with E-state index in [9.17, 15) is 43.9 Å². The van der Waals surface area contributed by atoms with Gasteiger partial charge in [0.15, 0.2) is 11.5 Å². The molecular weight excluding hydrogens is 538 g/mol. The minimum atomic E-state index is -5.08. The molecule has 1 atom stereocenters. The molecule has 2 aromatic carbocycles. The second kappa shape index (κ2) is 9.13. The van der Waals surface area contributed by atoms with Crippen LogP contribution < -0.4 is 15.4 Å². The minimum absolute atomic E-state index is 0.00228. The molecule has 0 saturated carbocycles. The van der Waals surface area contributed by atoms with Crippen LogP contribution in [0, 0.1) is 0 Å². The Balaban J connectivity index is 1.75. The second-order valence-electron chi connectivity index (χ2n) is 8.33. The smallest absolute Gasteiger partial charge is 0.428 e. The summed E-state index contributed by atoms with van der Waals surface area (Å²) < 4.78 is 136. The third-order valence-corrected chi connectivity index (χ3v) is 5.56. The van der Waals surface area contributed by atoms with Gasteiger partial charge >= 0.3 is 24.9 Å². The topological polar surface area (TPSA) is 48.9 Å². The van der Waals surface area contributed by atoms with Crippen molar-refractivity contribution in [2.24, 2.45) is 4.99 Å². The second-order valence-corrected chi connectivity index (χ2v) is 8.33. The van der Waals surface area contributed by atoms with Gasteiger partial charge < -0.3 is 20.3 Å². The molecule has 0 radical (unpaired) electrons. The molecule has 15 heteroatoms. The van der Waals surface area contributed by atoms with E-state index in [4.69, 9.17) is 0 Å². The van der Waals surface area contributed by atoms with Crippen molar-refractivity contribution in [1.29, 1.82) is 0 Å². The molecule has 204 valence electrons. The fraction of sp³-hybridized carbons (Fsp3) is 0.261. The zero-order valence-corrected chi connectivity index (χ0v) is 18.9. The monoisotopic (exact) mass is 554 g/mol. The number of hydrogen-bond donors (Lipinski definition) is 2. The van der Waals surface area contributed by atoms with Crippen LogP contribution in [-0.2, 0) is 12.4 Å². The molecule has 2 aliphatic rings. The Hall–Kier alpha value is -3.91. The summed E-state index contributed by atoms with van der Waals surface area (Å²) >= 11 is 0. The van der Waals surface area contributed by atoms with Gasteiger partial charge in [0.2, 0.25) is 0 Å². The Morgan fingerprint density at radius 3 is 2.16 bits per heavy atom. The molecule has 2 N–H and O–H groups in total. The molecule has 0 aliphatic carbocycles. The molecule has 5 nitrogen and oxygen atoms in total. The van der Waals surface area contributed by atoms with Gasteiger partial charge in [0.1, 0.15) is 5.75 Å². The zero-order valence-electron chi connectivity index (χ0n) is 18.9. The Bertz CT molecular complexity index is 1280. The maximum Gasteiger partial charge on any atom is 0.461 e. The van der Waals surface area contributed by atoms with Gasteiger partial charge in [0.05, 0.1) is 16.8 Å². The first-order valence-corrected chi connectivity index (χ1v) is 10.5. The molecule has 0 fully saturated rings.